The summed E-state index contributed by atoms with van der Waals surface area (Å²) in [6.07, 6.45) is 9.65. The third kappa shape index (κ3) is 6.04. The molecule has 0 spiro atoms. The Morgan fingerprint density at radius 1 is 1.48 bits per heavy atom. The molecule has 2 rings (SSSR count). The first kappa shape index (κ1) is 19.9. The fourth-order valence-corrected chi connectivity index (χ4v) is 2.16. The summed E-state index contributed by atoms with van der Waals surface area (Å²) in [4.78, 5) is 18.5. The molecule has 1 aliphatic heterocycles. The van der Waals surface area contributed by atoms with Crippen molar-refractivity contribution in [3.8, 4) is 0 Å². The minimum atomic E-state index is -0.159. The standard InChI is InChI=1S/C15H21N3O.2ClH/c1-2-3-10-18(12-13-6-4-8-16-11-13)15(19)14-7-5-9-17-14;;/h4-8,11,14,17H,2-3,9-10,12H2,1H3;2*1H. The van der Waals surface area contributed by atoms with Crippen molar-refractivity contribution >= 4 is 30.7 Å². The molecule has 1 aliphatic rings. The molecular formula is C15H23Cl2N3O. The maximum Gasteiger partial charge on any atom is 0.243 e. The van der Waals surface area contributed by atoms with Crippen LogP contribution in [0.3, 0.4) is 0 Å². The fourth-order valence-electron chi connectivity index (χ4n) is 2.16. The first-order valence-corrected chi connectivity index (χ1v) is 6.89. The molecule has 6 heteroatoms. The Morgan fingerprint density at radius 2 is 2.29 bits per heavy atom. The number of hydrogen-bond acceptors (Lipinski definition) is 3. The van der Waals surface area contributed by atoms with E-state index in [1.165, 1.54) is 0 Å². The van der Waals surface area contributed by atoms with Crippen LogP contribution in [0.25, 0.3) is 0 Å². The SMILES string of the molecule is CCCCN(Cc1cccnc1)C(=O)C1C=CCN1.Cl.Cl. The quantitative estimate of drug-likeness (QED) is 0.815. The minimum absolute atomic E-state index is 0. The Morgan fingerprint density at radius 3 is 2.86 bits per heavy atom. The molecule has 0 aromatic carbocycles. The van der Waals surface area contributed by atoms with Gasteiger partial charge in [-0.2, -0.15) is 0 Å². The van der Waals surface area contributed by atoms with Crippen LogP contribution in [0.4, 0.5) is 0 Å². The van der Waals surface area contributed by atoms with Crippen molar-refractivity contribution in [1.29, 1.82) is 0 Å². The average molecular weight is 332 g/mol. The third-order valence-corrected chi connectivity index (χ3v) is 3.24. The number of nitrogens with one attached hydrogen (secondary N) is 1. The minimum Gasteiger partial charge on any atom is -0.337 e. The van der Waals surface area contributed by atoms with Crippen molar-refractivity contribution in [2.24, 2.45) is 0 Å². The highest BCUT2D eigenvalue weighted by Gasteiger charge is 2.23. The van der Waals surface area contributed by atoms with Gasteiger partial charge in [0.1, 0.15) is 6.04 Å². The van der Waals surface area contributed by atoms with Gasteiger partial charge in [-0.3, -0.25) is 15.1 Å². The molecule has 0 saturated carbocycles. The Bertz CT molecular complexity index is 440. The zero-order valence-corrected chi connectivity index (χ0v) is 13.8. The average Bonchev–Trinajstić information content (AvgIpc) is 2.98. The molecule has 21 heavy (non-hydrogen) atoms. The number of halogens is 2. The lowest BCUT2D eigenvalue weighted by molar-refractivity contribution is -0.132. The van der Waals surface area contributed by atoms with Crippen LogP contribution in [0.2, 0.25) is 0 Å². The first-order valence-electron chi connectivity index (χ1n) is 6.89. The van der Waals surface area contributed by atoms with Crippen LogP contribution in [0, 0.1) is 0 Å². The summed E-state index contributed by atoms with van der Waals surface area (Å²) in [5, 5.41) is 3.18. The van der Waals surface area contributed by atoms with E-state index in [9.17, 15) is 4.79 Å². The van der Waals surface area contributed by atoms with Gasteiger partial charge in [-0.25, -0.2) is 0 Å². The number of carbonyl (C=O) groups excluding carboxylic acids is 1. The van der Waals surface area contributed by atoms with Gasteiger partial charge < -0.3 is 4.90 Å². The topological polar surface area (TPSA) is 45.2 Å². The second kappa shape index (κ2) is 10.6. The van der Waals surface area contributed by atoms with Gasteiger partial charge in [0.2, 0.25) is 5.91 Å². The lowest BCUT2D eigenvalue weighted by atomic mass is 10.2. The zero-order chi connectivity index (χ0) is 13.5. The smallest absolute Gasteiger partial charge is 0.243 e. The zero-order valence-electron chi connectivity index (χ0n) is 12.2. The Balaban J connectivity index is 0.00000200. The normalized spacial score (nSPS) is 16.0. The van der Waals surface area contributed by atoms with Gasteiger partial charge in [-0.1, -0.05) is 31.6 Å². The molecular weight excluding hydrogens is 309 g/mol. The van der Waals surface area contributed by atoms with E-state index < -0.39 is 0 Å². The summed E-state index contributed by atoms with van der Waals surface area (Å²) in [6.45, 7) is 4.36. The van der Waals surface area contributed by atoms with Crippen LogP contribution in [-0.4, -0.2) is 34.9 Å². The van der Waals surface area contributed by atoms with Crippen molar-refractivity contribution in [3.05, 3.63) is 42.2 Å². The maximum atomic E-state index is 12.4. The Labute approximate surface area is 138 Å². The van der Waals surface area contributed by atoms with E-state index in [1.54, 1.807) is 6.20 Å². The molecule has 1 N–H and O–H groups in total. The molecule has 0 bridgehead atoms. The molecule has 1 amide bonds. The van der Waals surface area contributed by atoms with Crippen molar-refractivity contribution in [1.82, 2.24) is 15.2 Å². The van der Waals surface area contributed by atoms with Crippen LogP contribution >= 0.6 is 24.8 Å². The maximum absolute atomic E-state index is 12.4. The number of carbonyl (C=O) groups is 1. The van der Waals surface area contributed by atoms with Crippen LogP contribution in [0.1, 0.15) is 25.3 Å². The predicted octanol–water partition coefficient (Wildman–Crippen LogP) is 2.58. The molecule has 2 heterocycles. The first-order chi connectivity index (χ1) is 9.31. The number of amides is 1. The van der Waals surface area contributed by atoms with Crippen molar-refractivity contribution in [3.63, 3.8) is 0 Å². The predicted molar refractivity (Wildman–Crippen MR) is 90.0 cm³/mol. The van der Waals surface area contributed by atoms with E-state index in [4.69, 9.17) is 0 Å². The van der Waals surface area contributed by atoms with E-state index in [-0.39, 0.29) is 36.8 Å². The summed E-state index contributed by atoms with van der Waals surface area (Å²) in [6, 6.07) is 3.76. The van der Waals surface area contributed by atoms with Crippen molar-refractivity contribution < 1.29 is 4.79 Å². The fraction of sp³-hybridized carbons (Fsp3) is 0.467. The summed E-state index contributed by atoms with van der Waals surface area (Å²) in [7, 11) is 0. The van der Waals surface area contributed by atoms with Gasteiger partial charge in [0.05, 0.1) is 0 Å². The molecule has 0 aliphatic carbocycles. The van der Waals surface area contributed by atoms with E-state index >= 15 is 0 Å². The highest BCUT2D eigenvalue weighted by atomic mass is 35.5. The molecule has 1 unspecified atom stereocenters. The van der Waals surface area contributed by atoms with Crippen LogP contribution in [-0.2, 0) is 11.3 Å². The lowest BCUT2D eigenvalue weighted by Crippen LogP contribution is -2.43. The van der Waals surface area contributed by atoms with E-state index in [0.29, 0.717) is 6.54 Å². The second-order valence-electron chi connectivity index (χ2n) is 4.79. The van der Waals surface area contributed by atoms with Gasteiger partial charge in [-0.05, 0) is 18.1 Å². The highest BCUT2D eigenvalue weighted by molar-refractivity contribution is 5.85. The van der Waals surface area contributed by atoms with Crippen LogP contribution in [0.15, 0.2) is 36.7 Å². The molecule has 1 aromatic heterocycles. The van der Waals surface area contributed by atoms with Gasteiger partial charge in [0, 0.05) is 32.0 Å². The highest BCUT2D eigenvalue weighted by Crippen LogP contribution is 2.09. The van der Waals surface area contributed by atoms with Gasteiger partial charge >= 0.3 is 0 Å². The number of pyridine rings is 1. The number of hydrogen-bond donors (Lipinski definition) is 1. The molecule has 0 fully saturated rings. The number of nitrogens with zero attached hydrogens (tertiary/aromatic N) is 2. The van der Waals surface area contributed by atoms with Crippen molar-refractivity contribution in [2.45, 2.75) is 32.4 Å². The van der Waals surface area contributed by atoms with E-state index in [0.717, 1.165) is 31.5 Å². The summed E-state index contributed by atoms with van der Waals surface area (Å²) in [5.41, 5.74) is 1.08. The molecule has 1 atom stereocenters. The summed E-state index contributed by atoms with van der Waals surface area (Å²) < 4.78 is 0. The molecule has 118 valence electrons. The van der Waals surface area contributed by atoms with Crippen LogP contribution in [0.5, 0.6) is 0 Å². The summed E-state index contributed by atoms with van der Waals surface area (Å²) in [5.74, 6) is 0.158. The van der Waals surface area contributed by atoms with Crippen molar-refractivity contribution in [2.75, 3.05) is 13.1 Å². The van der Waals surface area contributed by atoms with Gasteiger partial charge in [0.15, 0.2) is 0 Å². The molecule has 1 aromatic rings. The van der Waals surface area contributed by atoms with E-state index in [2.05, 4.69) is 17.2 Å². The number of rotatable bonds is 6. The third-order valence-electron chi connectivity index (χ3n) is 3.24. The Hall–Kier alpha value is -1.10. The van der Waals surface area contributed by atoms with E-state index in [1.807, 2.05) is 35.4 Å². The number of unbranched alkanes of at least 4 members (excludes halogenated alkanes) is 1. The largest absolute Gasteiger partial charge is 0.337 e. The van der Waals surface area contributed by atoms with Crippen LogP contribution < -0.4 is 5.32 Å². The lowest BCUT2D eigenvalue weighted by Gasteiger charge is -2.25. The van der Waals surface area contributed by atoms with Gasteiger partial charge in [0.25, 0.3) is 0 Å². The summed E-state index contributed by atoms with van der Waals surface area (Å²) >= 11 is 0. The monoisotopic (exact) mass is 331 g/mol. The molecule has 0 radical (unpaired) electrons. The van der Waals surface area contributed by atoms with Gasteiger partial charge in [-0.15, -0.1) is 24.8 Å². The number of aromatic nitrogens is 1. The Kier molecular flexibility index (Phi) is 10.0. The molecule has 0 saturated heterocycles. The molecule has 4 nitrogen and oxygen atoms in total. The second-order valence-corrected chi connectivity index (χ2v) is 4.79.